The summed E-state index contributed by atoms with van der Waals surface area (Å²) in [6.45, 7) is 15.7. The van der Waals surface area contributed by atoms with E-state index in [-0.39, 0.29) is 24.1 Å². The number of anilines is 8. The van der Waals surface area contributed by atoms with E-state index < -0.39 is 11.2 Å². The highest BCUT2D eigenvalue weighted by Gasteiger charge is 2.30. The summed E-state index contributed by atoms with van der Waals surface area (Å²) in [4.78, 5) is 45.4. The molecule has 19 heteroatoms. The van der Waals surface area contributed by atoms with Crippen molar-refractivity contribution in [1.29, 1.82) is 5.41 Å². The van der Waals surface area contributed by atoms with Crippen LogP contribution in [0.15, 0.2) is 97.6 Å². The number of carbonyl (C=O) groups is 2. The van der Waals surface area contributed by atoms with Gasteiger partial charge in [0.2, 0.25) is 0 Å². The number of amides is 2. The number of nitrogens with one attached hydrogen (secondary N) is 3. The first-order chi connectivity index (χ1) is 34.6. The van der Waals surface area contributed by atoms with Crippen LogP contribution in [0.5, 0.6) is 0 Å². The van der Waals surface area contributed by atoms with Gasteiger partial charge >= 0.3 is 12.2 Å². The number of nitrogens with zero attached hydrogens (tertiary/aromatic N) is 10. The predicted molar refractivity (Wildman–Crippen MR) is 293 cm³/mol. The molecule has 5 N–H and O–H groups in total. The lowest BCUT2D eigenvalue weighted by molar-refractivity contribution is 0.0179. The molecule has 0 bridgehead atoms. The fraction of sp³-hybridized carbons (Fsp3) is 0.444. The minimum atomic E-state index is -0.478. The van der Waals surface area contributed by atoms with Crippen molar-refractivity contribution in [2.75, 3.05) is 79.3 Å². The van der Waals surface area contributed by atoms with Crippen LogP contribution in [0.1, 0.15) is 84.4 Å². The molecule has 2 saturated heterocycles. The van der Waals surface area contributed by atoms with Crippen LogP contribution in [-0.4, -0.2) is 119 Å². The fourth-order valence-electron chi connectivity index (χ4n) is 9.14. The molecular formula is C54H73ClN14O4. The van der Waals surface area contributed by atoms with Crippen LogP contribution >= 0.6 is 11.6 Å². The minimum absolute atomic E-state index is 0.0266. The minimum Gasteiger partial charge on any atom is -0.444 e. The number of para-hydroxylation sites is 2. The zero-order valence-corrected chi connectivity index (χ0v) is 44.8. The molecule has 5 aromatic rings. The largest absolute Gasteiger partial charge is 0.444 e. The Labute approximate surface area is 435 Å². The summed E-state index contributed by atoms with van der Waals surface area (Å²) < 4.78 is 12.8. The third-order valence-corrected chi connectivity index (χ3v) is 13.1. The molecule has 4 aliphatic rings. The molecule has 0 spiro atoms. The summed E-state index contributed by atoms with van der Waals surface area (Å²) >= 11 is 6.01. The van der Waals surface area contributed by atoms with Crippen LogP contribution in [-0.2, 0) is 22.6 Å². The molecule has 3 aromatic heterocycles. The molecule has 18 nitrogen and oxygen atoms in total. The van der Waals surface area contributed by atoms with Crippen LogP contribution < -0.4 is 36.0 Å². The smallest absolute Gasteiger partial charge is 0.410 e. The van der Waals surface area contributed by atoms with E-state index in [2.05, 4.69) is 123 Å². The number of rotatable bonds is 6. The summed E-state index contributed by atoms with van der Waals surface area (Å²) in [5, 5.41) is 18.9. The van der Waals surface area contributed by atoms with Gasteiger partial charge in [0.1, 0.15) is 28.0 Å². The van der Waals surface area contributed by atoms with Gasteiger partial charge in [-0.2, -0.15) is 5.10 Å². The Morgan fingerprint density at radius 1 is 0.685 bits per heavy atom. The number of nitrogens with two attached hydrogens (primary N) is 1. The second kappa shape index (κ2) is 23.1. The second-order valence-electron chi connectivity index (χ2n) is 20.8. The highest BCUT2D eigenvalue weighted by atomic mass is 35.5. The van der Waals surface area contributed by atoms with Crippen molar-refractivity contribution in [1.82, 2.24) is 34.9 Å². The van der Waals surface area contributed by atoms with Crippen LogP contribution in [0.25, 0.3) is 0 Å². The van der Waals surface area contributed by atoms with E-state index >= 15 is 0 Å². The summed E-state index contributed by atoms with van der Waals surface area (Å²) in [6.07, 6.45) is 11.9. The highest BCUT2D eigenvalue weighted by Crippen LogP contribution is 2.41. The number of aromatic nitrogens is 4. The zero-order valence-electron chi connectivity index (χ0n) is 44.0. The number of ether oxygens (including phenoxy) is 2. The van der Waals surface area contributed by atoms with Gasteiger partial charge < -0.3 is 55.2 Å². The Morgan fingerprint density at radius 3 is 1.70 bits per heavy atom. The quantitative estimate of drug-likeness (QED) is 0.0714. The monoisotopic (exact) mass is 1020 g/mol. The Bertz CT molecular complexity index is 2740. The lowest BCUT2D eigenvalue weighted by atomic mass is 10.1. The number of carbonyl (C=O) groups excluding carboxylic acids is 2. The fourth-order valence-corrected chi connectivity index (χ4v) is 9.29. The van der Waals surface area contributed by atoms with Gasteiger partial charge in [0.25, 0.3) is 0 Å². The number of piperidine rings is 2. The summed E-state index contributed by atoms with van der Waals surface area (Å²) in [6, 6.07) is 23.4. The molecule has 0 aliphatic carbocycles. The van der Waals surface area contributed by atoms with Crippen LogP contribution in [0.4, 0.5) is 55.3 Å². The van der Waals surface area contributed by atoms with Crippen LogP contribution in [0, 0.1) is 5.41 Å². The summed E-state index contributed by atoms with van der Waals surface area (Å²) in [5.41, 5.74) is 13.6. The summed E-state index contributed by atoms with van der Waals surface area (Å²) in [7, 11) is 8.33. The van der Waals surface area contributed by atoms with Gasteiger partial charge in [0.15, 0.2) is 5.82 Å². The number of hydrogen-bond acceptors (Lipinski definition) is 14. The van der Waals surface area contributed by atoms with Crippen LogP contribution in [0.2, 0.25) is 5.15 Å². The normalized spacial score (nSPS) is 16.0. The van der Waals surface area contributed by atoms with Crippen molar-refractivity contribution < 1.29 is 19.1 Å². The Morgan fingerprint density at radius 2 is 1.18 bits per heavy atom. The van der Waals surface area contributed by atoms with E-state index in [1.54, 1.807) is 16.0 Å². The number of amidine groups is 1. The number of fused-ring (bicyclic) bond motifs is 4. The first-order valence-corrected chi connectivity index (χ1v) is 25.3. The predicted octanol–water partition coefficient (Wildman–Crippen LogP) is 10.2. The van der Waals surface area contributed by atoms with Gasteiger partial charge in [-0.3, -0.25) is 10.1 Å². The van der Waals surface area contributed by atoms with E-state index in [0.29, 0.717) is 37.4 Å². The highest BCUT2D eigenvalue weighted by molar-refractivity contribution is 6.29. The lowest BCUT2D eigenvalue weighted by Gasteiger charge is -2.33. The number of hydrogen-bond donors (Lipinski definition) is 4. The molecule has 2 fully saturated rings. The molecule has 390 valence electrons. The van der Waals surface area contributed by atoms with Crippen LogP contribution in [0.3, 0.4) is 0 Å². The maximum absolute atomic E-state index is 12.4. The van der Waals surface area contributed by atoms with Crippen molar-refractivity contribution >= 4 is 75.4 Å². The van der Waals surface area contributed by atoms with E-state index in [1.165, 1.54) is 28.6 Å². The van der Waals surface area contributed by atoms with Gasteiger partial charge in [-0.25, -0.2) is 19.6 Å². The van der Waals surface area contributed by atoms with Crippen molar-refractivity contribution in [3.63, 3.8) is 0 Å². The molecule has 0 saturated carbocycles. The van der Waals surface area contributed by atoms with Gasteiger partial charge in [0.05, 0.1) is 41.2 Å². The van der Waals surface area contributed by atoms with Gasteiger partial charge in [-0.15, -0.1) is 0 Å². The number of likely N-dealkylation sites (tertiary alicyclic amines) is 2. The van der Waals surface area contributed by atoms with Gasteiger partial charge in [0, 0.05) is 115 Å². The second-order valence-corrected chi connectivity index (χ2v) is 21.2. The number of benzene rings is 2. The molecule has 9 rings (SSSR count). The van der Waals surface area contributed by atoms with E-state index in [4.69, 9.17) is 37.3 Å². The number of pyridine rings is 2. The van der Waals surface area contributed by atoms with E-state index in [0.717, 1.165) is 73.2 Å². The SMILES string of the molecule is CC(C)(C)OC(=O)N1CCC(N/C=C\C(=N)N)CC1.CN1Cc2ccccc2N(C)c2cc(Cl)ncc21.CN1Cc2ccccc2N(C)c2cc(Nc3ccn(C4CCN(C(=O)OC(C)(C)C)CC4)n3)ncc21. The lowest BCUT2D eigenvalue weighted by Crippen LogP contribution is -2.45. The average Bonchev–Trinajstić information content (AvgIpc) is 3.74. The van der Waals surface area contributed by atoms with Crippen molar-refractivity contribution in [2.24, 2.45) is 5.73 Å². The average molecular weight is 1020 g/mol. The molecular weight excluding hydrogens is 944 g/mol. The molecule has 7 heterocycles. The standard InChI is InChI=1S/C27H35N7O2.C14H14ClN3.C13H24N4O2/c1-27(2,3)36-26(35)33-13-10-20(11-14-33)34-15-12-24(30-34)29-25-16-22-23(17-28-25)31(4)18-19-8-6-7-9-21(19)32(22)5;1-17-9-10-5-3-4-6-11(10)18(2)12-7-14(15)16-8-13(12)17;1-13(2,3)19-12(18)17-8-5-10(6-9-17)16-7-4-11(14)15/h6-9,12,15-17,20H,10-11,13-14,18H2,1-5H3,(H,28,29,30);3-8H,9H2,1-2H3;4,7,10,16H,5-6,8-9H2,1-3H3,(H3,14,15)/b;;7-4-. The Hall–Kier alpha value is -7.21. The zero-order chi connectivity index (χ0) is 52.6. The van der Waals surface area contributed by atoms with E-state index in [9.17, 15) is 9.59 Å². The van der Waals surface area contributed by atoms with Crippen molar-refractivity contribution in [3.05, 3.63) is 114 Å². The molecule has 0 radical (unpaired) electrons. The summed E-state index contributed by atoms with van der Waals surface area (Å²) in [5.74, 6) is 1.53. The van der Waals surface area contributed by atoms with E-state index in [1.807, 2.05) is 76.9 Å². The first-order valence-electron chi connectivity index (χ1n) is 24.9. The van der Waals surface area contributed by atoms with Crippen molar-refractivity contribution in [3.8, 4) is 0 Å². The molecule has 73 heavy (non-hydrogen) atoms. The van der Waals surface area contributed by atoms with Crippen molar-refractivity contribution in [2.45, 2.75) is 104 Å². The van der Waals surface area contributed by atoms with Gasteiger partial charge in [-0.1, -0.05) is 48.0 Å². The Kier molecular flexibility index (Phi) is 17.0. The molecule has 2 aromatic carbocycles. The molecule has 2 amide bonds. The number of halogens is 1. The topological polar surface area (TPSA) is 190 Å². The third-order valence-electron chi connectivity index (χ3n) is 12.9. The first kappa shape index (κ1) is 53.6. The maximum atomic E-state index is 12.4. The maximum Gasteiger partial charge on any atom is 0.410 e. The third kappa shape index (κ3) is 14.3. The van der Waals surface area contributed by atoms with Gasteiger partial charge in [-0.05, 0) is 96.6 Å². The molecule has 0 atom stereocenters. The molecule has 4 aliphatic heterocycles. The molecule has 0 unspecified atom stereocenters. The Balaban J connectivity index is 0.000000177.